The first-order chi connectivity index (χ1) is 7.67. The quantitative estimate of drug-likeness (QED) is 0.847. The van der Waals surface area contributed by atoms with Crippen molar-refractivity contribution in [2.45, 2.75) is 6.54 Å². The zero-order chi connectivity index (χ0) is 11.5. The molecule has 0 aliphatic carbocycles. The Morgan fingerprint density at radius 1 is 1.44 bits per heavy atom. The maximum Gasteiger partial charge on any atom is 0.252 e. The average Bonchev–Trinajstić information content (AvgIpc) is 2.64. The first-order valence-corrected chi connectivity index (χ1v) is 5.21. The third kappa shape index (κ3) is 2.44. The molecule has 0 unspecified atom stereocenters. The summed E-state index contributed by atoms with van der Waals surface area (Å²) in [6, 6.07) is 6.41. The molecule has 1 heterocycles. The monoisotopic (exact) mass is 280 g/mol. The maximum absolute atomic E-state index is 13.1. The van der Waals surface area contributed by atoms with Crippen LogP contribution >= 0.6 is 15.9 Å². The van der Waals surface area contributed by atoms with Crippen molar-refractivity contribution in [1.82, 2.24) is 14.8 Å². The lowest BCUT2D eigenvalue weighted by atomic mass is 10.2. The molecule has 2 rings (SSSR count). The van der Waals surface area contributed by atoms with Gasteiger partial charge in [-0.05, 0) is 23.8 Å². The van der Waals surface area contributed by atoms with Gasteiger partial charge in [0.15, 0.2) is 0 Å². The Kier molecular flexibility index (Phi) is 2.97. The molecule has 80 valence electrons. The Hall–Kier alpha value is -1.74. The second kappa shape index (κ2) is 4.41. The molecule has 0 radical (unpaired) electrons. The summed E-state index contributed by atoms with van der Waals surface area (Å²) in [6.45, 7) is 0.380. The van der Waals surface area contributed by atoms with Crippen LogP contribution in [0.4, 0.5) is 4.39 Å². The van der Waals surface area contributed by atoms with Gasteiger partial charge in [0.2, 0.25) is 0 Å². The molecule has 6 heteroatoms. The third-order valence-corrected chi connectivity index (χ3v) is 2.36. The van der Waals surface area contributed by atoms with Gasteiger partial charge in [0.25, 0.3) is 5.82 Å². The van der Waals surface area contributed by atoms with Gasteiger partial charge in [-0.25, -0.2) is 14.1 Å². The van der Waals surface area contributed by atoms with Crippen molar-refractivity contribution in [2.24, 2.45) is 0 Å². The van der Waals surface area contributed by atoms with Crippen molar-refractivity contribution in [3.63, 3.8) is 0 Å². The van der Waals surface area contributed by atoms with Gasteiger partial charge in [-0.3, -0.25) is 0 Å². The number of aromatic nitrogens is 3. The highest BCUT2D eigenvalue weighted by atomic mass is 79.9. The van der Waals surface area contributed by atoms with E-state index in [1.54, 1.807) is 6.07 Å². The summed E-state index contributed by atoms with van der Waals surface area (Å²) in [5.74, 6) is -0.208. The first-order valence-electron chi connectivity index (χ1n) is 4.42. The van der Waals surface area contributed by atoms with Gasteiger partial charge in [0.05, 0.1) is 6.54 Å². The Labute approximate surface area is 99.5 Å². The fourth-order valence-corrected chi connectivity index (χ4v) is 1.82. The smallest absolute Gasteiger partial charge is 0.247 e. The second-order valence-corrected chi connectivity index (χ2v) is 4.07. The molecular formula is C10H6BrFN4. The Balaban J connectivity index is 2.23. The molecule has 0 saturated carbocycles. The number of nitrogens with zero attached hydrogens (tertiary/aromatic N) is 4. The van der Waals surface area contributed by atoms with E-state index < -0.39 is 0 Å². The summed E-state index contributed by atoms with van der Waals surface area (Å²) in [4.78, 5) is 3.76. The molecule has 0 saturated heterocycles. The minimum absolute atomic E-state index is 0.107. The van der Waals surface area contributed by atoms with Gasteiger partial charge < -0.3 is 0 Å². The van der Waals surface area contributed by atoms with E-state index >= 15 is 0 Å². The van der Waals surface area contributed by atoms with E-state index in [0.29, 0.717) is 11.0 Å². The minimum Gasteiger partial charge on any atom is -0.247 e. The summed E-state index contributed by atoms with van der Waals surface area (Å²) in [5, 5.41) is 12.4. The molecule has 1 aromatic heterocycles. The average molecular weight is 281 g/mol. The highest BCUT2D eigenvalue weighted by molar-refractivity contribution is 9.10. The van der Waals surface area contributed by atoms with E-state index in [1.165, 1.54) is 23.1 Å². The number of rotatable bonds is 2. The van der Waals surface area contributed by atoms with Crippen molar-refractivity contribution in [2.75, 3.05) is 0 Å². The molecule has 0 spiro atoms. The van der Waals surface area contributed by atoms with Crippen molar-refractivity contribution in [3.8, 4) is 6.07 Å². The molecule has 2 aromatic rings. The summed E-state index contributed by atoms with van der Waals surface area (Å²) in [6.07, 6.45) is 1.44. The first kappa shape index (κ1) is 10.8. The summed E-state index contributed by atoms with van der Waals surface area (Å²) in [5.41, 5.74) is 0.751. The fraction of sp³-hybridized carbons (Fsp3) is 0.100. The lowest BCUT2D eigenvalue weighted by molar-refractivity contribution is 0.618. The lowest BCUT2D eigenvalue weighted by Crippen LogP contribution is -2.01. The molecule has 0 aliphatic rings. The maximum atomic E-state index is 13.1. The largest absolute Gasteiger partial charge is 0.252 e. The van der Waals surface area contributed by atoms with Crippen LogP contribution in [0.5, 0.6) is 0 Å². The number of benzene rings is 1. The van der Waals surface area contributed by atoms with Crippen LogP contribution in [0.3, 0.4) is 0 Å². The molecule has 1 aromatic carbocycles. The van der Waals surface area contributed by atoms with Crippen LogP contribution in [0.1, 0.15) is 11.4 Å². The van der Waals surface area contributed by atoms with E-state index in [1.807, 2.05) is 6.07 Å². The van der Waals surface area contributed by atoms with Crippen molar-refractivity contribution in [1.29, 1.82) is 5.26 Å². The van der Waals surface area contributed by atoms with Crippen LogP contribution < -0.4 is 0 Å². The Morgan fingerprint density at radius 2 is 2.25 bits per heavy atom. The highest BCUT2D eigenvalue weighted by Gasteiger charge is 2.02. The van der Waals surface area contributed by atoms with Crippen LogP contribution in [-0.2, 0) is 6.54 Å². The van der Waals surface area contributed by atoms with Crippen LogP contribution in [0.2, 0.25) is 0 Å². The van der Waals surface area contributed by atoms with Crippen LogP contribution in [0.25, 0.3) is 0 Å². The molecule has 0 amide bonds. The van der Waals surface area contributed by atoms with E-state index in [9.17, 15) is 4.39 Å². The number of nitriles is 1. The van der Waals surface area contributed by atoms with Crippen molar-refractivity contribution in [3.05, 3.63) is 46.2 Å². The van der Waals surface area contributed by atoms with E-state index in [2.05, 4.69) is 26.0 Å². The standard InChI is InChI=1S/C10H6BrFN4/c11-8-1-7(2-9(12)3-8)5-16-6-14-10(4-13)15-16/h1-3,6H,5H2. The molecule has 4 nitrogen and oxygen atoms in total. The minimum atomic E-state index is -0.315. The second-order valence-electron chi connectivity index (χ2n) is 3.16. The fourth-order valence-electron chi connectivity index (χ4n) is 1.31. The van der Waals surface area contributed by atoms with E-state index in [-0.39, 0.29) is 11.6 Å². The van der Waals surface area contributed by atoms with Gasteiger partial charge in [-0.1, -0.05) is 15.9 Å². The molecule has 16 heavy (non-hydrogen) atoms. The van der Waals surface area contributed by atoms with Crippen LogP contribution in [-0.4, -0.2) is 14.8 Å². The van der Waals surface area contributed by atoms with Gasteiger partial charge in [-0.2, -0.15) is 5.26 Å². The predicted molar refractivity (Wildman–Crippen MR) is 57.9 cm³/mol. The molecule has 0 aliphatic heterocycles. The summed E-state index contributed by atoms with van der Waals surface area (Å²) >= 11 is 3.21. The van der Waals surface area contributed by atoms with Gasteiger partial charge >= 0.3 is 0 Å². The topological polar surface area (TPSA) is 54.5 Å². The SMILES string of the molecule is N#Cc1ncn(Cc2cc(F)cc(Br)c2)n1. The van der Waals surface area contributed by atoms with Gasteiger partial charge in [-0.15, -0.1) is 5.10 Å². The number of hydrogen-bond donors (Lipinski definition) is 0. The number of halogens is 2. The number of hydrogen-bond acceptors (Lipinski definition) is 3. The predicted octanol–water partition coefficient (Wildman–Crippen LogP) is 2.10. The summed E-state index contributed by atoms with van der Waals surface area (Å²) in [7, 11) is 0. The Morgan fingerprint density at radius 3 is 2.88 bits per heavy atom. The van der Waals surface area contributed by atoms with Crippen LogP contribution in [0.15, 0.2) is 29.0 Å². The summed E-state index contributed by atoms with van der Waals surface area (Å²) < 4.78 is 15.2. The van der Waals surface area contributed by atoms with Crippen molar-refractivity contribution >= 4 is 15.9 Å². The third-order valence-electron chi connectivity index (χ3n) is 1.90. The molecular weight excluding hydrogens is 275 g/mol. The van der Waals surface area contributed by atoms with Crippen LogP contribution in [0, 0.1) is 17.1 Å². The lowest BCUT2D eigenvalue weighted by Gasteiger charge is -2.02. The highest BCUT2D eigenvalue weighted by Crippen LogP contribution is 2.15. The molecule has 0 fully saturated rings. The molecule has 0 N–H and O–H groups in total. The van der Waals surface area contributed by atoms with E-state index in [4.69, 9.17) is 5.26 Å². The zero-order valence-corrected chi connectivity index (χ0v) is 9.65. The normalized spacial score (nSPS) is 10.1. The van der Waals surface area contributed by atoms with Crippen molar-refractivity contribution < 1.29 is 4.39 Å². The van der Waals surface area contributed by atoms with E-state index in [0.717, 1.165) is 5.56 Å². The molecule has 0 bridgehead atoms. The Bertz CT molecular complexity index is 538. The van der Waals surface area contributed by atoms with Gasteiger partial charge in [0.1, 0.15) is 18.2 Å². The zero-order valence-electron chi connectivity index (χ0n) is 8.06. The van der Waals surface area contributed by atoms with Gasteiger partial charge in [0, 0.05) is 4.47 Å². The molecule has 0 atom stereocenters.